The van der Waals surface area contributed by atoms with Gasteiger partial charge in [-0.3, -0.25) is 0 Å². The Kier molecular flexibility index (Phi) is 19.9. The van der Waals surface area contributed by atoms with Crippen molar-refractivity contribution in [1.82, 2.24) is 0 Å². The fourth-order valence-corrected chi connectivity index (χ4v) is 15.4. The maximum atomic E-state index is 2.32. The first-order valence-corrected chi connectivity index (χ1v) is 38.0. The van der Waals surface area contributed by atoms with Gasteiger partial charge in [-0.15, -0.1) is 0 Å². The normalized spacial score (nSPS) is 11.2. The van der Waals surface area contributed by atoms with Crippen LogP contribution in [0.5, 0.6) is 0 Å². The Labute approximate surface area is 647 Å². The highest BCUT2D eigenvalue weighted by Crippen LogP contribution is 2.46. The third-order valence-corrected chi connectivity index (χ3v) is 21.6. The SMILES string of the molecule is Cc1ccc(N(C)c2ccc(N(c3ccc(C)cc3)c3ccc(C)cc3)cc2)cc1.Cc1ccc(N(c2ccc(C)cc2)c2ccc(N(C)c3cc4ccccc4c4ccccc34)cc2)cc1.Cc1ccc(N(c2ccc(C)cc2)c2ccc(N(C)c3ccc4c5cccc6cccc(c7cccc3c74)c65)cc2)cc1. The first-order valence-electron chi connectivity index (χ1n) is 38.0. The maximum absolute atomic E-state index is 2.32. The van der Waals surface area contributed by atoms with Gasteiger partial charge in [0.25, 0.3) is 0 Å². The molecule has 0 aliphatic rings. The zero-order valence-electron chi connectivity index (χ0n) is 64.3. The number of benzene rings is 18. The fourth-order valence-electron chi connectivity index (χ4n) is 15.4. The topological polar surface area (TPSA) is 19.4 Å². The predicted octanol–water partition coefficient (Wildman–Crippen LogP) is 29.3. The molecule has 0 heterocycles. The van der Waals surface area contributed by atoms with Crippen LogP contribution < -0.4 is 29.4 Å². The summed E-state index contributed by atoms with van der Waals surface area (Å²) >= 11 is 0. The summed E-state index contributed by atoms with van der Waals surface area (Å²) in [5.41, 5.74) is 26.2. The third kappa shape index (κ3) is 14.4. The molecular weight excluding hydrogens is 1330 g/mol. The average molecular weight is 1420 g/mol. The first-order chi connectivity index (χ1) is 53.7. The Morgan fingerprint density at radius 1 is 0.155 bits per heavy atom. The van der Waals surface area contributed by atoms with Crippen LogP contribution in [-0.2, 0) is 0 Å². The molecule has 0 radical (unpaired) electrons. The van der Waals surface area contributed by atoms with E-state index in [4.69, 9.17) is 0 Å². The molecule has 18 aromatic rings. The molecule has 0 amide bonds. The Balaban J connectivity index is 0.000000128. The molecule has 0 fully saturated rings. The maximum Gasteiger partial charge on any atom is 0.0494 e. The van der Waals surface area contributed by atoms with Gasteiger partial charge in [-0.25, -0.2) is 0 Å². The molecule has 0 N–H and O–H groups in total. The van der Waals surface area contributed by atoms with Crippen molar-refractivity contribution in [1.29, 1.82) is 0 Å². The number of nitrogens with zero attached hydrogens (tertiary/aromatic N) is 6. The lowest BCUT2D eigenvalue weighted by Gasteiger charge is -2.27. The van der Waals surface area contributed by atoms with Gasteiger partial charge in [0, 0.05) is 117 Å². The number of anilines is 15. The van der Waals surface area contributed by atoms with Crippen LogP contribution in [-0.4, -0.2) is 21.1 Å². The van der Waals surface area contributed by atoms with E-state index in [1.54, 1.807) is 0 Å². The summed E-state index contributed by atoms with van der Waals surface area (Å²) in [4.78, 5) is 13.8. The van der Waals surface area contributed by atoms with E-state index in [0.29, 0.717) is 0 Å². The molecule has 18 aromatic carbocycles. The minimum Gasteiger partial charge on any atom is -0.345 e. The van der Waals surface area contributed by atoms with Crippen LogP contribution in [0.15, 0.2) is 364 Å². The molecule has 6 heteroatoms. The van der Waals surface area contributed by atoms with Crippen LogP contribution in [0.4, 0.5) is 85.3 Å². The van der Waals surface area contributed by atoms with Crippen molar-refractivity contribution in [3.05, 3.63) is 403 Å². The molecule has 0 unspecified atom stereocenters. The second kappa shape index (κ2) is 30.8. The van der Waals surface area contributed by atoms with Gasteiger partial charge in [0.05, 0.1) is 0 Å². The van der Waals surface area contributed by atoms with Gasteiger partial charge in [0.2, 0.25) is 0 Å². The van der Waals surface area contributed by atoms with E-state index in [1.165, 1.54) is 121 Å². The highest BCUT2D eigenvalue weighted by Gasteiger charge is 2.21. The Morgan fingerprint density at radius 2 is 0.391 bits per heavy atom. The minimum absolute atomic E-state index is 1.13. The molecule has 536 valence electrons. The van der Waals surface area contributed by atoms with Gasteiger partial charge in [0.1, 0.15) is 0 Å². The predicted molar refractivity (Wildman–Crippen MR) is 476 cm³/mol. The van der Waals surface area contributed by atoms with Gasteiger partial charge in [-0.2, -0.15) is 0 Å². The van der Waals surface area contributed by atoms with E-state index < -0.39 is 0 Å². The Morgan fingerprint density at radius 3 is 0.755 bits per heavy atom. The smallest absolute Gasteiger partial charge is 0.0494 e. The van der Waals surface area contributed by atoms with Gasteiger partial charge in [-0.1, -0.05) is 233 Å². The highest BCUT2D eigenvalue weighted by molar-refractivity contribution is 6.34. The third-order valence-electron chi connectivity index (χ3n) is 21.6. The molecule has 0 saturated heterocycles. The first kappa shape index (κ1) is 70.9. The fraction of sp³-hybridized carbons (Fsp3) is 0.0962. The zero-order chi connectivity index (χ0) is 75.5. The van der Waals surface area contributed by atoms with Crippen LogP contribution in [0, 0.1) is 48.5 Å². The van der Waals surface area contributed by atoms with E-state index in [9.17, 15) is 0 Å². The largest absolute Gasteiger partial charge is 0.345 e. The van der Waals surface area contributed by atoms with Crippen molar-refractivity contribution in [2.45, 2.75) is 48.5 Å². The second-order valence-corrected chi connectivity index (χ2v) is 29.3. The monoisotopic (exact) mass is 1420 g/mol. The zero-order valence-corrected chi connectivity index (χ0v) is 64.3. The van der Waals surface area contributed by atoms with Crippen molar-refractivity contribution < 1.29 is 0 Å². The molecule has 0 spiro atoms. The standard InChI is InChI=1S/C41H32N2.C35H30N2.C28H28N2/c1-27-13-17-31(18-14-27)43(32-19-15-28(2)16-20-32)33-23-21-30(22-24-33)42(3)39-26-25-37-35-10-5-8-29-7-4-9-34(40(29)35)36-11-6-12-38(39)41(36)37;1-25-12-16-29(17-13-25)37(30-18-14-26(2)15-19-30)31-22-20-28(21-23-31)36(3)35-24-27-8-4-5-9-32(27)33-10-6-7-11-34(33)35;1-21-5-11-24(12-6-21)29(4)25-17-19-28(20-18-25)30(26-13-7-22(2)8-14-26)27-15-9-23(3)10-16-27/h4-26H,1-3H3;4-24H,1-3H3;5-20H,1-4H3. The van der Waals surface area contributed by atoms with E-state index in [0.717, 1.165) is 68.2 Å². The Hall–Kier alpha value is -13.4. The second-order valence-electron chi connectivity index (χ2n) is 29.3. The number of hydrogen-bond acceptors (Lipinski definition) is 6. The average Bonchev–Trinajstić information content (AvgIpc) is 0.717. The van der Waals surface area contributed by atoms with Gasteiger partial charge in [0.15, 0.2) is 0 Å². The summed E-state index contributed by atoms with van der Waals surface area (Å²) in [5.74, 6) is 0. The summed E-state index contributed by atoms with van der Waals surface area (Å²) in [6.45, 7) is 14.9. The van der Waals surface area contributed by atoms with Crippen LogP contribution >= 0.6 is 0 Å². The summed E-state index contributed by atoms with van der Waals surface area (Å²) in [7, 11) is 6.44. The minimum atomic E-state index is 1.13. The lowest BCUT2D eigenvalue weighted by Crippen LogP contribution is -2.12. The van der Waals surface area contributed by atoms with Crippen molar-refractivity contribution >= 4 is 150 Å². The molecule has 0 saturated carbocycles. The summed E-state index contributed by atoms with van der Waals surface area (Å²) in [5, 5.41) is 15.6. The van der Waals surface area contributed by atoms with Gasteiger partial charge >= 0.3 is 0 Å². The molecule has 0 atom stereocenters. The van der Waals surface area contributed by atoms with Crippen molar-refractivity contribution in [3.8, 4) is 0 Å². The molecule has 0 aromatic heterocycles. The van der Waals surface area contributed by atoms with Crippen molar-refractivity contribution in [2.75, 3.05) is 50.5 Å². The number of fused-ring (bicyclic) bond motifs is 5. The molecule has 110 heavy (non-hydrogen) atoms. The lowest BCUT2D eigenvalue weighted by molar-refractivity contribution is 1.20. The van der Waals surface area contributed by atoms with Crippen LogP contribution in [0.25, 0.3) is 64.6 Å². The number of hydrogen-bond donors (Lipinski definition) is 0. The van der Waals surface area contributed by atoms with Crippen LogP contribution in [0.2, 0.25) is 0 Å². The molecule has 18 rings (SSSR count). The van der Waals surface area contributed by atoms with E-state index in [1.807, 2.05) is 0 Å². The molecule has 0 aliphatic heterocycles. The summed E-state index contributed by atoms with van der Waals surface area (Å²) in [6.07, 6.45) is 0. The summed E-state index contributed by atoms with van der Waals surface area (Å²) in [6, 6.07) is 132. The molecule has 0 aliphatic carbocycles. The van der Waals surface area contributed by atoms with Gasteiger partial charge < -0.3 is 29.4 Å². The molecule has 0 bridgehead atoms. The number of aryl methyl sites for hydroxylation is 7. The van der Waals surface area contributed by atoms with Crippen LogP contribution in [0.1, 0.15) is 38.9 Å². The highest BCUT2D eigenvalue weighted by atomic mass is 15.2. The van der Waals surface area contributed by atoms with E-state index in [-0.39, 0.29) is 0 Å². The van der Waals surface area contributed by atoms with Crippen molar-refractivity contribution in [3.63, 3.8) is 0 Å². The molecule has 6 nitrogen and oxygen atoms in total. The van der Waals surface area contributed by atoms with Crippen LogP contribution in [0.3, 0.4) is 0 Å². The van der Waals surface area contributed by atoms with E-state index in [2.05, 4.69) is 463 Å². The number of rotatable bonds is 15. The van der Waals surface area contributed by atoms with E-state index >= 15 is 0 Å². The van der Waals surface area contributed by atoms with Crippen molar-refractivity contribution in [2.24, 2.45) is 0 Å². The molecular formula is C104H90N6. The Bertz CT molecular complexity index is 6030. The quantitative estimate of drug-likeness (QED) is 0.0747. The summed E-state index contributed by atoms with van der Waals surface area (Å²) < 4.78 is 0. The van der Waals surface area contributed by atoms with Gasteiger partial charge in [-0.05, 0) is 272 Å². The lowest BCUT2D eigenvalue weighted by atomic mass is 9.89.